The molecule has 0 unspecified atom stereocenters. The van der Waals surface area contributed by atoms with E-state index in [-0.39, 0.29) is 5.91 Å². The highest BCUT2D eigenvalue weighted by Gasteiger charge is 2.18. The molecule has 0 aliphatic carbocycles. The van der Waals surface area contributed by atoms with Crippen molar-refractivity contribution < 1.29 is 4.79 Å². The molecule has 0 atom stereocenters. The van der Waals surface area contributed by atoms with Gasteiger partial charge in [-0.2, -0.15) is 5.26 Å². The third kappa shape index (κ3) is 2.66. The van der Waals surface area contributed by atoms with E-state index in [4.69, 9.17) is 5.26 Å². The van der Waals surface area contributed by atoms with E-state index >= 15 is 0 Å². The van der Waals surface area contributed by atoms with E-state index in [1.807, 2.05) is 43.3 Å². The number of hydrogen-bond donors (Lipinski definition) is 2. The molecule has 1 aliphatic rings. The molecule has 0 saturated heterocycles. The largest absolute Gasteiger partial charge is 0.385 e. The fourth-order valence-electron chi connectivity index (χ4n) is 2.76. The van der Waals surface area contributed by atoms with Crippen LogP contribution in [0.25, 0.3) is 0 Å². The highest BCUT2D eigenvalue weighted by atomic mass is 16.1. The van der Waals surface area contributed by atoms with E-state index in [1.54, 1.807) is 0 Å². The Morgan fingerprint density at radius 2 is 2.14 bits per heavy atom. The number of rotatable bonds is 4. The first kappa shape index (κ1) is 14.2. The van der Waals surface area contributed by atoms with Crippen LogP contribution >= 0.6 is 0 Å². The lowest BCUT2D eigenvalue weighted by molar-refractivity contribution is 0.0965. The molecule has 110 valence electrons. The van der Waals surface area contributed by atoms with Gasteiger partial charge in [0, 0.05) is 24.3 Å². The Balaban J connectivity index is 1.94. The number of hydrogen-bond acceptors (Lipinski definition) is 3. The molecule has 22 heavy (non-hydrogen) atoms. The van der Waals surface area contributed by atoms with Crippen LogP contribution in [0.4, 0.5) is 5.69 Å². The summed E-state index contributed by atoms with van der Waals surface area (Å²) in [5.74, 6) is -0.00506. The molecule has 2 N–H and O–H groups in total. The van der Waals surface area contributed by atoms with Crippen molar-refractivity contribution in [1.29, 1.82) is 5.26 Å². The Morgan fingerprint density at radius 3 is 2.91 bits per heavy atom. The van der Waals surface area contributed by atoms with Crippen LogP contribution < -0.4 is 10.6 Å². The SMILES string of the molecule is CCNc1ccc(C#N)cc1Cc1ccc2c(c1)C(=O)NC2. The maximum absolute atomic E-state index is 11.8. The number of nitriles is 1. The number of nitrogens with zero attached hydrogens (tertiary/aromatic N) is 1. The number of carbonyl (C=O) groups excluding carboxylic acids is 1. The number of benzene rings is 2. The number of fused-ring (bicyclic) bond motifs is 1. The van der Waals surface area contributed by atoms with Crippen molar-refractivity contribution in [3.8, 4) is 6.07 Å². The van der Waals surface area contributed by atoms with Crippen molar-refractivity contribution in [2.24, 2.45) is 0 Å². The quantitative estimate of drug-likeness (QED) is 0.910. The number of nitrogens with one attached hydrogen (secondary N) is 2. The highest BCUT2D eigenvalue weighted by Crippen LogP contribution is 2.23. The first-order valence-corrected chi connectivity index (χ1v) is 7.38. The van der Waals surface area contributed by atoms with Gasteiger partial charge in [0.1, 0.15) is 0 Å². The van der Waals surface area contributed by atoms with Crippen LogP contribution in [0.2, 0.25) is 0 Å². The predicted octanol–water partition coefficient (Wildman–Crippen LogP) is 2.82. The van der Waals surface area contributed by atoms with Crippen LogP contribution in [0.15, 0.2) is 36.4 Å². The molecule has 1 amide bonds. The Bertz CT molecular complexity index is 774. The maximum atomic E-state index is 11.8. The zero-order chi connectivity index (χ0) is 15.5. The number of anilines is 1. The summed E-state index contributed by atoms with van der Waals surface area (Å²) < 4.78 is 0. The molecule has 4 nitrogen and oxygen atoms in total. The molecule has 0 aromatic heterocycles. The Hall–Kier alpha value is -2.80. The van der Waals surface area contributed by atoms with Gasteiger partial charge in [-0.25, -0.2) is 0 Å². The lowest BCUT2D eigenvalue weighted by atomic mass is 9.98. The molecule has 0 spiro atoms. The van der Waals surface area contributed by atoms with Crippen molar-refractivity contribution in [3.05, 3.63) is 64.2 Å². The summed E-state index contributed by atoms with van der Waals surface area (Å²) in [5.41, 5.74) is 5.64. The van der Waals surface area contributed by atoms with Crippen LogP contribution in [-0.4, -0.2) is 12.5 Å². The van der Waals surface area contributed by atoms with Gasteiger partial charge in [-0.15, -0.1) is 0 Å². The first-order valence-electron chi connectivity index (χ1n) is 7.38. The van der Waals surface area contributed by atoms with Crippen LogP contribution in [-0.2, 0) is 13.0 Å². The summed E-state index contributed by atoms with van der Waals surface area (Å²) in [6.45, 7) is 3.48. The van der Waals surface area contributed by atoms with Gasteiger partial charge in [0.15, 0.2) is 0 Å². The third-order valence-electron chi connectivity index (χ3n) is 3.85. The Morgan fingerprint density at radius 1 is 1.27 bits per heavy atom. The molecule has 2 aromatic rings. The second-order valence-electron chi connectivity index (χ2n) is 5.37. The van der Waals surface area contributed by atoms with Gasteiger partial charge < -0.3 is 10.6 Å². The summed E-state index contributed by atoms with van der Waals surface area (Å²) >= 11 is 0. The van der Waals surface area contributed by atoms with Crippen LogP contribution in [0.1, 0.15) is 39.5 Å². The number of carbonyl (C=O) groups is 1. The zero-order valence-corrected chi connectivity index (χ0v) is 12.4. The number of amides is 1. The normalized spacial score (nSPS) is 12.5. The molecule has 1 heterocycles. The van der Waals surface area contributed by atoms with E-state index in [1.165, 1.54) is 0 Å². The lowest BCUT2D eigenvalue weighted by Gasteiger charge is -2.12. The van der Waals surface area contributed by atoms with Crippen molar-refractivity contribution in [2.75, 3.05) is 11.9 Å². The summed E-state index contributed by atoms with van der Waals surface area (Å²) in [6.07, 6.45) is 0.693. The summed E-state index contributed by atoms with van der Waals surface area (Å²) in [4.78, 5) is 11.8. The maximum Gasteiger partial charge on any atom is 0.251 e. The molecule has 1 aliphatic heterocycles. The van der Waals surface area contributed by atoms with E-state index in [0.717, 1.165) is 34.5 Å². The molecule has 0 fully saturated rings. The van der Waals surface area contributed by atoms with E-state index in [9.17, 15) is 4.79 Å². The fraction of sp³-hybridized carbons (Fsp3) is 0.222. The topological polar surface area (TPSA) is 64.9 Å². The first-order chi connectivity index (χ1) is 10.7. The average molecular weight is 291 g/mol. The summed E-state index contributed by atoms with van der Waals surface area (Å²) in [6, 6.07) is 13.9. The molecular formula is C18H17N3O. The monoisotopic (exact) mass is 291 g/mol. The molecular weight excluding hydrogens is 274 g/mol. The molecule has 2 aromatic carbocycles. The third-order valence-corrected chi connectivity index (χ3v) is 3.85. The minimum atomic E-state index is -0.00506. The van der Waals surface area contributed by atoms with Crippen molar-refractivity contribution >= 4 is 11.6 Å². The van der Waals surface area contributed by atoms with Crippen molar-refractivity contribution in [3.63, 3.8) is 0 Å². The zero-order valence-electron chi connectivity index (χ0n) is 12.4. The fourth-order valence-corrected chi connectivity index (χ4v) is 2.76. The van der Waals surface area contributed by atoms with E-state index < -0.39 is 0 Å². The van der Waals surface area contributed by atoms with Gasteiger partial charge in [0.2, 0.25) is 0 Å². The molecule has 0 saturated carbocycles. The second kappa shape index (κ2) is 5.90. The minimum absolute atomic E-state index is 0.00506. The van der Waals surface area contributed by atoms with Crippen molar-refractivity contribution in [1.82, 2.24) is 5.32 Å². The van der Waals surface area contributed by atoms with E-state index in [0.29, 0.717) is 18.5 Å². The summed E-state index contributed by atoms with van der Waals surface area (Å²) in [7, 11) is 0. The predicted molar refractivity (Wildman–Crippen MR) is 85.7 cm³/mol. The minimum Gasteiger partial charge on any atom is -0.385 e. The van der Waals surface area contributed by atoms with Crippen LogP contribution in [0.5, 0.6) is 0 Å². The molecule has 0 bridgehead atoms. The lowest BCUT2D eigenvalue weighted by Crippen LogP contribution is -2.12. The summed E-state index contributed by atoms with van der Waals surface area (Å²) in [5, 5.41) is 15.2. The van der Waals surface area contributed by atoms with Crippen LogP contribution in [0, 0.1) is 11.3 Å². The second-order valence-corrected chi connectivity index (χ2v) is 5.37. The van der Waals surface area contributed by atoms with E-state index in [2.05, 4.69) is 16.7 Å². The van der Waals surface area contributed by atoms with Gasteiger partial charge in [-0.1, -0.05) is 12.1 Å². The Labute approximate surface area is 129 Å². The average Bonchev–Trinajstić information content (AvgIpc) is 2.90. The van der Waals surface area contributed by atoms with Crippen LogP contribution in [0.3, 0.4) is 0 Å². The highest BCUT2D eigenvalue weighted by molar-refractivity contribution is 5.98. The Kier molecular flexibility index (Phi) is 3.80. The smallest absolute Gasteiger partial charge is 0.251 e. The van der Waals surface area contributed by atoms with Gasteiger partial charge in [-0.05, 0) is 54.3 Å². The molecule has 4 heteroatoms. The van der Waals surface area contributed by atoms with Gasteiger partial charge in [0.05, 0.1) is 11.6 Å². The van der Waals surface area contributed by atoms with Gasteiger partial charge in [-0.3, -0.25) is 4.79 Å². The standard InChI is InChI=1S/C18H17N3O/c1-2-20-17-6-4-13(10-19)8-15(17)7-12-3-5-14-11-21-18(22)16(14)9-12/h3-6,8-9,20H,2,7,11H2,1H3,(H,21,22). The van der Waals surface area contributed by atoms with Crippen molar-refractivity contribution in [2.45, 2.75) is 19.9 Å². The van der Waals surface area contributed by atoms with Gasteiger partial charge >= 0.3 is 0 Å². The molecule has 0 radical (unpaired) electrons. The van der Waals surface area contributed by atoms with Gasteiger partial charge in [0.25, 0.3) is 5.91 Å². The molecule has 3 rings (SSSR count).